The predicted molar refractivity (Wildman–Crippen MR) is 117 cm³/mol. The first-order valence-corrected chi connectivity index (χ1v) is 10.2. The molecule has 0 N–H and O–H groups in total. The molecule has 7 heteroatoms. The van der Waals surface area contributed by atoms with Gasteiger partial charge in [-0.05, 0) is 68.8 Å². The zero-order valence-electron chi connectivity index (χ0n) is 17.6. The van der Waals surface area contributed by atoms with Crippen LogP contribution in [0.3, 0.4) is 0 Å². The molecule has 30 heavy (non-hydrogen) atoms. The van der Waals surface area contributed by atoms with Crippen LogP contribution in [0.25, 0.3) is 10.9 Å². The maximum absolute atomic E-state index is 13.3. The maximum Gasteiger partial charge on any atom is 0.329 e. The van der Waals surface area contributed by atoms with Gasteiger partial charge in [0, 0.05) is 34.8 Å². The van der Waals surface area contributed by atoms with Crippen LogP contribution in [0.2, 0.25) is 5.02 Å². The largest absolute Gasteiger partial charge is 0.497 e. The lowest BCUT2D eigenvalue weighted by Crippen LogP contribution is -2.27. The van der Waals surface area contributed by atoms with Crippen molar-refractivity contribution in [2.24, 2.45) is 0 Å². The quantitative estimate of drug-likeness (QED) is 0.513. The zero-order chi connectivity index (χ0) is 21.8. The van der Waals surface area contributed by atoms with Gasteiger partial charge in [0.25, 0.3) is 5.91 Å². The van der Waals surface area contributed by atoms with E-state index >= 15 is 0 Å². The summed E-state index contributed by atoms with van der Waals surface area (Å²) < 4.78 is 6.98. The van der Waals surface area contributed by atoms with Crippen molar-refractivity contribution in [2.75, 3.05) is 20.2 Å². The zero-order valence-corrected chi connectivity index (χ0v) is 18.3. The fraction of sp³-hybridized carbons (Fsp3) is 0.304. The molecule has 158 valence electrons. The lowest BCUT2D eigenvalue weighted by Gasteiger charge is -2.17. The molecule has 2 aromatic carbocycles. The van der Waals surface area contributed by atoms with Gasteiger partial charge in [-0.1, -0.05) is 11.6 Å². The summed E-state index contributed by atoms with van der Waals surface area (Å²) >= 11 is 5.96. The number of hydrogen-bond acceptors (Lipinski definition) is 5. The van der Waals surface area contributed by atoms with Crippen molar-refractivity contribution in [3.63, 3.8) is 0 Å². The van der Waals surface area contributed by atoms with Crippen molar-refractivity contribution in [1.82, 2.24) is 9.63 Å². The van der Waals surface area contributed by atoms with Crippen molar-refractivity contribution in [3.05, 3.63) is 64.3 Å². The topological polar surface area (TPSA) is 60.8 Å². The third kappa shape index (κ3) is 4.35. The summed E-state index contributed by atoms with van der Waals surface area (Å²) in [6.45, 7) is 6.88. The second kappa shape index (κ2) is 9.32. The molecular formula is C23H25ClN2O4. The summed E-state index contributed by atoms with van der Waals surface area (Å²) in [6.07, 6.45) is 0.0485. The van der Waals surface area contributed by atoms with E-state index in [1.807, 2.05) is 32.9 Å². The Morgan fingerprint density at radius 2 is 1.73 bits per heavy atom. The average Bonchev–Trinajstić information content (AvgIpc) is 3.02. The van der Waals surface area contributed by atoms with Gasteiger partial charge in [0.15, 0.2) is 0 Å². The smallest absolute Gasteiger partial charge is 0.329 e. The fourth-order valence-corrected chi connectivity index (χ4v) is 3.60. The van der Waals surface area contributed by atoms with Gasteiger partial charge < -0.3 is 9.57 Å². The van der Waals surface area contributed by atoms with Gasteiger partial charge in [-0.25, -0.2) is 4.79 Å². The van der Waals surface area contributed by atoms with Crippen molar-refractivity contribution >= 4 is 34.4 Å². The number of benzene rings is 2. The molecular weight excluding hydrogens is 404 g/mol. The summed E-state index contributed by atoms with van der Waals surface area (Å²) in [5.74, 6) is 0.0854. The van der Waals surface area contributed by atoms with Crippen molar-refractivity contribution in [2.45, 2.75) is 27.2 Å². The van der Waals surface area contributed by atoms with Crippen LogP contribution < -0.4 is 4.74 Å². The maximum atomic E-state index is 13.3. The molecule has 3 rings (SSSR count). The van der Waals surface area contributed by atoms with Crippen LogP contribution in [-0.4, -0.2) is 41.7 Å². The summed E-state index contributed by atoms with van der Waals surface area (Å²) in [5, 5.41) is 2.94. The number of carbonyl (C=O) groups excluding carboxylic acids is 2. The number of methoxy groups -OCH3 is 1. The van der Waals surface area contributed by atoms with Crippen LogP contribution in [-0.2, 0) is 16.1 Å². The molecule has 0 saturated carbocycles. The highest BCUT2D eigenvalue weighted by atomic mass is 35.5. The first-order chi connectivity index (χ1) is 14.4. The first-order valence-electron chi connectivity index (χ1n) is 9.83. The number of aromatic nitrogens is 1. The van der Waals surface area contributed by atoms with Crippen molar-refractivity contribution < 1.29 is 19.2 Å². The molecule has 0 aliphatic rings. The molecule has 0 amide bonds. The Bertz CT molecular complexity index is 1070. The Morgan fingerprint density at radius 1 is 1.07 bits per heavy atom. The Hall–Kier alpha value is -2.83. The molecule has 0 aliphatic heterocycles. The number of hydrogen-bond donors (Lipinski definition) is 0. The summed E-state index contributed by atoms with van der Waals surface area (Å²) in [6, 6.07) is 12.2. The molecule has 0 bridgehead atoms. The molecule has 3 aromatic rings. The van der Waals surface area contributed by atoms with Gasteiger partial charge in [0.05, 0.1) is 19.0 Å². The van der Waals surface area contributed by atoms with Gasteiger partial charge in [-0.15, -0.1) is 5.06 Å². The van der Waals surface area contributed by atoms with E-state index in [1.165, 1.54) is 0 Å². The van der Waals surface area contributed by atoms with E-state index in [0.717, 1.165) is 10.9 Å². The summed E-state index contributed by atoms with van der Waals surface area (Å²) in [7, 11) is 1.58. The molecule has 0 spiro atoms. The van der Waals surface area contributed by atoms with Crippen LogP contribution in [0, 0.1) is 6.92 Å². The molecule has 1 heterocycles. The van der Waals surface area contributed by atoms with E-state index in [-0.39, 0.29) is 18.3 Å². The first kappa shape index (κ1) is 21.9. The Kier molecular flexibility index (Phi) is 6.80. The molecule has 0 fully saturated rings. The SMILES string of the molecule is CCN(CC)OC(=O)Cc1c(C)n(C(=O)c2ccc(Cl)cc2)c2ccc(OC)cc12. The number of rotatable bonds is 7. The molecule has 0 saturated heterocycles. The number of nitrogens with zero attached hydrogens (tertiary/aromatic N) is 2. The number of fused-ring (bicyclic) bond motifs is 1. The normalized spacial score (nSPS) is 11.1. The van der Waals surface area contributed by atoms with Crippen LogP contribution >= 0.6 is 11.6 Å². The minimum Gasteiger partial charge on any atom is -0.497 e. The minimum atomic E-state index is -0.373. The monoisotopic (exact) mass is 428 g/mol. The highest BCUT2D eigenvalue weighted by Gasteiger charge is 2.23. The van der Waals surface area contributed by atoms with Gasteiger partial charge in [-0.3, -0.25) is 9.36 Å². The van der Waals surface area contributed by atoms with Crippen LogP contribution in [0.15, 0.2) is 42.5 Å². The van der Waals surface area contributed by atoms with Crippen LogP contribution in [0.5, 0.6) is 5.75 Å². The number of halogens is 1. The van der Waals surface area contributed by atoms with E-state index in [4.69, 9.17) is 21.2 Å². The Morgan fingerprint density at radius 3 is 2.33 bits per heavy atom. The summed E-state index contributed by atoms with van der Waals surface area (Å²) in [4.78, 5) is 31.3. The fourth-order valence-electron chi connectivity index (χ4n) is 3.47. The van der Waals surface area contributed by atoms with E-state index < -0.39 is 0 Å². The molecule has 0 unspecified atom stereocenters. The van der Waals surface area contributed by atoms with Gasteiger partial charge in [-0.2, -0.15) is 0 Å². The van der Waals surface area contributed by atoms with Gasteiger partial charge in [0.1, 0.15) is 5.75 Å². The molecule has 1 aromatic heterocycles. The molecule has 0 atom stereocenters. The number of carbonyl (C=O) groups is 2. The minimum absolute atomic E-state index is 0.0485. The second-order valence-electron chi connectivity index (χ2n) is 6.85. The number of ether oxygens (including phenoxy) is 1. The van der Waals surface area contributed by atoms with E-state index in [2.05, 4.69) is 0 Å². The lowest BCUT2D eigenvalue weighted by molar-refractivity contribution is -0.187. The molecule has 0 radical (unpaired) electrons. The van der Waals surface area contributed by atoms with E-state index in [9.17, 15) is 9.59 Å². The van der Waals surface area contributed by atoms with Crippen LogP contribution in [0.4, 0.5) is 0 Å². The lowest BCUT2D eigenvalue weighted by atomic mass is 10.1. The van der Waals surface area contributed by atoms with Crippen molar-refractivity contribution in [1.29, 1.82) is 0 Å². The van der Waals surface area contributed by atoms with Crippen LogP contribution in [0.1, 0.15) is 35.5 Å². The highest BCUT2D eigenvalue weighted by molar-refractivity contribution is 6.30. The third-order valence-corrected chi connectivity index (χ3v) is 5.35. The Labute approximate surface area is 180 Å². The van der Waals surface area contributed by atoms with Crippen molar-refractivity contribution in [3.8, 4) is 5.75 Å². The average molecular weight is 429 g/mol. The van der Waals surface area contributed by atoms with Gasteiger partial charge in [0.2, 0.25) is 0 Å². The Balaban J connectivity index is 2.08. The predicted octanol–water partition coefficient (Wildman–Crippen LogP) is 4.64. The second-order valence-corrected chi connectivity index (χ2v) is 7.29. The number of hydroxylamine groups is 2. The summed E-state index contributed by atoms with van der Waals surface area (Å²) in [5.41, 5.74) is 2.64. The van der Waals surface area contributed by atoms with E-state index in [0.29, 0.717) is 40.6 Å². The third-order valence-electron chi connectivity index (χ3n) is 5.09. The molecule has 0 aliphatic carbocycles. The van der Waals surface area contributed by atoms with E-state index in [1.54, 1.807) is 47.1 Å². The standard InChI is InChI=1S/C23H25ClN2O4/c1-5-25(6-2)30-22(27)14-19-15(3)26(21-12-11-18(29-4)13-20(19)21)23(28)16-7-9-17(24)10-8-16/h7-13H,5-6,14H2,1-4H3. The highest BCUT2D eigenvalue weighted by Crippen LogP contribution is 2.31. The van der Waals surface area contributed by atoms with Gasteiger partial charge >= 0.3 is 5.97 Å². The molecule has 6 nitrogen and oxygen atoms in total.